The molecule has 0 saturated heterocycles. The van der Waals surface area contributed by atoms with Gasteiger partial charge in [-0.05, 0) is 36.4 Å². The number of phenols is 1. The molecule has 4 aromatic rings. The van der Waals surface area contributed by atoms with Gasteiger partial charge in [0.2, 0.25) is 0 Å². The number of fused-ring (bicyclic) bond motifs is 1. The fourth-order valence-electron chi connectivity index (χ4n) is 3.21. The van der Waals surface area contributed by atoms with Gasteiger partial charge in [0, 0.05) is 24.3 Å². The third kappa shape index (κ3) is 2.29. The predicted molar refractivity (Wildman–Crippen MR) is 99.1 cm³/mol. The van der Waals surface area contributed by atoms with E-state index in [4.69, 9.17) is 11.6 Å². The molecular formula is C20H14ClN3O. The molecule has 122 valence electrons. The van der Waals surface area contributed by atoms with Gasteiger partial charge in [-0.1, -0.05) is 29.8 Å². The molecule has 25 heavy (non-hydrogen) atoms. The molecule has 0 atom stereocenters. The Hall–Kier alpha value is -3.16. The molecule has 1 N–H and O–H groups in total. The number of hydrogen-bond donors (Lipinski definition) is 1. The molecule has 2 heterocycles. The van der Waals surface area contributed by atoms with Crippen molar-refractivity contribution in [3.8, 4) is 28.9 Å². The van der Waals surface area contributed by atoms with Crippen molar-refractivity contribution in [2.45, 2.75) is 0 Å². The molecule has 0 spiro atoms. The lowest BCUT2D eigenvalue weighted by molar-refractivity contribution is 0.475. The highest BCUT2D eigenvalue weighted by atomic mass is 35.5. The molecule has 0 saturated carbocycles. The molecule has 0 aliphatic heterocycles. The topological polar surface area (TPSA) is 53.9 Å². The zero-order valence-electron chi connectivity index (χ0n) is 13.4. The fraction of sp³-hybridized carbons (Fsp3) is 0.0500. The van der Waals surface area contributed by atoms with Crippen molar-refractivity contribution >= 4 is 22.5 Å². The maximum atomic E-state index is 9.83. The SMILES string of the molecule is Cn1cccc1-c1c(C#N)c2ccccc2n1-c1ccc(O)c(Cl)c1. The van der Waals surface area contributed by atoms with Gasteiger partial charge in [-0.2, -0.15) is 5.26 Å². The molecule has 4 rings (SSSR count). The normalized spacial score (nSPS) is 10.9. The summed E-state index contributed by atoms with van der Waals surface area (Å²) >= 11 is 6.13. The lowest BCUT2D eigenvalue weighted by Crippen LogP contribution is -2.01. The summed E-state index contributed by atoms with van der Waals surface area (Å²) in [7, 11) is 1.95. The lowest BCUT2D eigenvalue weighted by atomic mass is 10.1. The Labute approximate surface area is 149 Å². The summed E-state index contributed by atoms with van der Waals surface area (Å²) in [6.45, 7) is 0. The number of benzene rings is 2. The van der Waals surface area contributed by atoms with E-state index >= 15 is 0 Å². The van der Waals surface area contributed by atoms with Crippen molar-refractivity contribution in [2.24, 2.45) is 7.05 Å². The zero-order chi connectivity index (χ0) is 17.6. The number of phenolic OH excluding ortho intramolecular Hbond substituents is 1. The standard InChI is InChI=1S/C20H14ClN3O/c1-23-10-4-7-18(23)20-15(12-22)14-5-2-3-6-17(14)24(20)13-8-9-19(25)16(21)11-13/h2-11,25H,1H3. The van der Waals surface area contributed by atoms with E-state index in [1.54, 1.807) is 18.2 Å². The average molecular weight is 348 g/mol. The lowest BCUT2D eigenvalue weighted by Gasteiger charge is -2.13. The molecule has 0 unspecified atom stereocenters. The number of nitriles is 1. The molecule has 0 bridgehead atoms. The third-order valence-electron chi connectivity index (χ3n) is 4.36. The second kappa shape index (κ2) is 5.73. The highest BCUT2D eigenvalue weighted by Gasteiger charge is 2.21. The molecule has 2 aromatic carbocycles. The number of rotatable bonds is 2. The minimum absolute atomic E-state index is 0.0304. The first-order valence-corrected chi connectivity index (χ1v) is 8.13. The van der Waals surface area contributed by atoms with Crippen molar-refractivity contribution in [2.75, 3.05) is 0 Å². The first-order valence-electron chi connectivity index (χ1n) is 7.76. The first-order chi connectivity index (χ1) is 12.1. The summed E-state index contributed by atoms with van der Waals surface area (Å²) in [5, 5.41) is 20.7. The van der Waals surface area contributed by atoms with Crippen LogP contribution in [0.2, 0.25) is 5.02 Å². The van der Waals surface area contributed by atoms with Crippen molar-refractivity contribution in [3.63, 3.8) is 0 Å². The summed E-state index contributed by atoms with van der Waals surface area (Å²) < 4.78 is 3.99. The Kier molecular flexibility index (Phi) is 3.52. The van der Waals surface area contributed by atoms with Gasteiger partial charge >= 0.3 is 0 Å². The summed E-state index contributed by atoms with van der Waals surface area (Å²) in [6, 6.07) is 19.1. The van der Waals surface area contributed by atoms with Crippen molar-refractivity contribution < 1.29 is 5.11 Å². The first kappa shape index (κ1) is 15.4. The van der Waals surface area contributed by atoms with Crippen LogP contribution in [-0.2, 0) is 7.05 Å². The van der Waals surface area contributed by atoms with Gasteiger partial charge in [0.05, 0.1) is 27.5 Å². The maximum absolute atomic E-state index is 9.83. The Balaban J connectivity index is 2.17. The van der Waals surface area contributed by atoms with Gasteiger partial charge in [0.25, 0.3) is 0 Å². The quantitative estimate of drug-likeness (QED) is 0.562. The summed E-state index contributed by atoms with van der Waals surface area (Å²) in [5.41, 5.74) is 4.05. The molecule has 0 fully saturated rings. The van der Waals surface area contributed by atoms with Crippen LogP contribution in [-0.4, -0.2) is 14.2 Å². The molecule has 0 aliphatic rings. The van der Waals surface area contributed by atoms with E-state index in [9.17, 15) is 10.4 Å². The van der Waals surface area contributed by atoms with Crippen LogP contribution in [0.25, 0.3) is 28.0 Å². The molecule has 5 heteroatoms. The Bertz CT molecular complexity index is 1150. The Morgan fingerprint density at radius 3 is 2.56 bits per heavy atom. The van der Waals surface area contributed by atoms with Crippen LogP contribution in [0.5, 0.6) is 5.75 Å². The van der Waals surface area contributed by atoms with Crippen molar-refractivity contribution in [3.05, 3.63) is 71.4 Å². The minimum Gasteiger partial charge on any atom is -0.506 e. The highest BCUT2D eigenvalue weighted by Crippen LogP contribution is 2.37. The molecular weight excluding hydrogens is 334 g/mol. The molecule has 4 nitrogen and oxygen atoms in total. The van der Waals surface area contributed by atoms with Gasteiger partial charge in [-0.25, -0.2) is 0 Å². The van der Waals surface area contributed by atoms with Crippen LogP contribution in [0.1, 0.15) is 5.56 Å². The van der Waals surface area contributed by atoms with Gasteiger partial charge in [0.1, 0.15) is 11.8 Å². The summed E-state index contributed by atoms with van der Waals surface area (Å²) in [6.07, 6.45) is 1.95. The third-order valence-corrected chi connectivity index (χ3v) is 4.67. The van der Waals surface area contributed by atoms with Crippen molar-refractivity contribution in [1.29, 1.82) is 5.26 Å². The van der Waals surface area contributed by atoms with Crippen LogP contribution in [0.3, 0.4) is 0 Å². The average Bonchev–Trinajstić information content (AvgIpc) is 3.17. The number of aromatic nitrogens is 2. The van der Waals surface area contributed by atoms with Gasteiger partial charge in [-0.3, -0.25) is 0 Å². The highest BCUT2D eigenvalue weighted by molar-refractivity contribution is 6.32. The summed E-state index contributed by atoms with van der Waals surface area (Å²) in [4.78, 5) is 0. The minimum atomic E-state index is 0.0304. The zero-order valence-corrected chi connectivity index (χ0v) is 14.2. The van der Waals surface area contributed by atoms with E-state index in [1.165, 1.54) is 0 Å². The number of aromatic hydroxyl groups is 1. The van der Waals surface area contributed by atoms with Gasteiger partial charge in [-0.15, -0.1) is 0 Å². The molecule has 0 aliphatic carbocycles. The largest absolute Gasteiger partial charge is 0.506 e. The summed E-state index contributed by atoms with van der Waals surface area (Å²) in [5.74, 6) is 0.0304. The van der Waals surface area contributed by atoms with Crippen LogP contribution in [0.4, 0.5) is 0 Å². The van der Waals surface area contributed by atoms with E-state index in [2.05, 4.69) is 6.07 Å². The number of aryl methyl sites for hydroxylation is 1. The fourth-order valence-corrected chi connectivity index (χ4v) is 3.38. The smallest absolute Gasteiger partial charge is 0.134 e. The maximum Gasteiger partial charge on any atom is 0.134 e. The molecule has 2 aromatic heterocycles. The van der Waals surface area contributed by atoms with Gasteiger partial charge < -0.3 is 14.2 Å². The van der Waals surface area contributed by atoms with Crippen LogP contribution in [0, 0.1) is 11.3 Å². The van der Waals surface area contributed by atoms with E-state index in [0.717, 1.165) is 28.0 Å². The van der Waals surface area contributed by atoms with E-state index in [1.807, 2.05) is 58.8 Å². The molecule has 0 amide bonds. The Morgan fingerprint density at radius 1 is 1.08 bits per heavy atom. The van der Waals surface area contributed by atoms with Gasteiger partial charge in [0.15, 0.2) is 0 Å². The van der Waals surface area contributed by atoms with Crippen molar-refractivity contribution in [1.82, 2.24) is 9.13 Å². The van der Waals surface area contributed by atoms with Crippen LogP contribution in [0.15, 0.2) is 60.8 Å². The van der Waals surface area contributed by atoms with E-state index < -0.39 is 0 Å². The van der Waals surface area contributed by atoms with E-state index in [0.29, 0.717) is 5.56 Å². The van der Waals surface area contributed by atoms with E-state index in [-0.39, 0.29) is 10.8 Å². The monoisotopic (exact) mass is 347 g/mol. The number of halogens is 1. The Morgan fingerprint density at radius 2 is 1.88 bits per heavy atom. The number of nitrogens with zero attached hydrogens (tertiary/aromatic N) is 3. The predicted octanol–water partition coefficient (Wildman–Crippen LogP) is 4.87. The number of para-hydroxylation sites is 1. The van der Waals surface area contributed by atoms with Crippen LogP contribution < -0.4 is 0 Å². The second-order valence-electron chi connectivity index (χ2n) is 5.83. The van der Waals surface area contributed by atoms with Crippen LogP contribution >= 0.6 is 11.6 Å². The second-order valence-corrected chi connectivity index (χ2v) is 6.24. The number of hydrogen-bond acceptors (Lipinski definition) is 2. The molecule has 0 radical (unpaired) electrons.